The van der Waals surface area contributed by atoms with Gasteiger partial charge in [-0.15, -0.1) is 0 Å². The molecule has 0 bridgehead atoms. The number of hydrogen-bond acceptors (Lipinski definition) is 3. The third-order valence-electron chi connectivity index (χ3n) is 4.70. The van der Waals surface area contributed by atoms with Gasteiger partial charge in [0.05, 0.1) is 17.2 Å². The van der Waals surface area contributed by atoms with Crippen molar-refractivity contribution in [2.24, 2.45) is 0 Å². The number of aliphatic carboxylic acids is 1. The van der Waals surface area contributed by atoms with E-state index in [4.69, 9.17) is 0 Å². The Hall–Kier alpha value is -2.11. The van der Waals surface area contributed by atoms with Crippen molar-refractivity contribution in [2.75, 3.05) is 0 Å². The number of carboxylic acid groups (broad SMARTS) is 1. The van der Waals surface area contributed by atoms with Gasteiger partial charge in [-0.2, -0.15) is 5.26 Å². The first-order valence-electron chi connectivity index (χ1n) is 8.89. The largest absolute Gasteiger partial charge is 0.478 e. The Labute approximate surface area is 157 Å². The van der Waals surface area contributed by atoms with E-state index in [2.05, 4.69) is 39.1 Å². The Morgan fingerprint density at radius 2 is 1.81 bits per heavy atom. The van der Waals surface area contributed by atoms with Crippen LogP contribution in [0.3, 0.4) is 0 Å². The lowest BCUT2D eigenvalue weighted by molar-refractivity contribution is -0.133. The minimum absolute atomic E-state index is 0.321. The van der Waals surface area contributed by atoms with E-state index >= 15 is 0 Å². The summed E-state index contributed by atoms with van der Waals surface area (Å²) in [6, 6.07) is 9.53. The summed E-state index contributed by atoms with van der Waals surface area (Å²) in [5, 5.41) is 23.7. The van der Waals surface area contributed by atoms with Gasteiger partial charge in [0, 0.05) is 17.3 Å². The highest BCUT2D eigenvalue weighted by Crippen LogP contribution is 2.61. The number of nitriles is 1. The second-order valence-electron chi connectivity index (χ2n) is 7.24. The van der Waals surface area contributed by atoms with Crippen molar-refractivity contribution >= 4 is 13.9 Å². The third kappa shape index (κ3) is 3.84. The van der Waals surface area contributed by atoms with Crippen LogP contribution in [0.15, 0.2) is 46.5 Å². The molecule has 1 aromatic rings. The second-order valence-corrected chi connectivity index (χ2v) is 10.6. The van der Waals surface area contributed by atoms with Gasteiger partial charge in [0.2, 0.25) is 0 Å². The second kappa shape index (κ2) is 8.06. The molecule has 26 heavy (non-hydrogen) atoms. The van der Waals surface area contributed by atoms with Crippen molar-refractivity contribution in [1.29, 1.82) is 5.26 Å². The molecule has 0 aromatic heterocycles. The number of allylic oxidation sites excluding steroid dienone is 3. The van der Waals surface area contributed by atoms with E-state index in [0.717, 1.165) is 11.3 Å². The van der Waals surface area contributed by atoms with Crippen LogP contribution < -0.4 is 5.32 Å². The highest BCUT2D eigenvalue weighted by molar-refractivity contribution is 7.63. The molecule has 1 atom stereocenters. The van der Waals surface area contributed by atoms with Crippen molar-refractivity contribution in [3.63, 3.8) is 0 Å². The zero-order chi connectivity index (χ0) is 19.6. The van der Waals surface area contributed by atoms with Crippen LogP contribution in [0.1, 0.15) is 58.6 Å². The minimum atomic E-state index is -0.908. The van der Waals surface area contributed by atoms with Gasteiger partial charge < -0.3 is 10.4 Å². The summed E-state index contributed by atoms with van der Waals surface area (Å²) in [6.07, 6.45) is 0. The summed E-state index contributed by atoms with van der Waals surface area (Å²) in [6.45, 7) is 12.7. The lowest BCUT2D eigenvalue weighted by Crippen LogP contribution is -2.29. The lowest BCUT2D eigenvalue weighted by Gasteiger charge is -2.39. The van der Waals surface area contributed by atoms with E-state index in [9.17, 15) is 15.2 Å². The Morgan fingerprint density at radius 3 is 2.31 bits per heavy atom. The number of nitrogens with one attached hydrogen (secondary N) is 1. The SMILES string of the molecule is CC1=C(C(=O)O)C(c2cccc(C#N)c2)C(P(C(C)C)C(C)C)=C(C)N1. The maximum atomic E-state index is 12.1. The Bertz CT molecular complexity index is 808. The number of carboxylic acids is 1. The Balaban J connectivity index is 2.76. The fraction of sp³-hybridized carbons (Fsp3) is 0.429. The van der Waals surface area contributed by atoms with Crippen molar-refractivity contribution in [1.82, 2.24) is 5.32 Å². The van der Waals surface area contributed by atoms with Gasteiger partial charge in [0.25, 0.3) is 0 Å². The maximum Gasteiger partial charge on any atom is 0.334 e. The average Bonchev–Trinajstić information content (AvgIpc) is 2.55. The van der Waals surface area contributed by atoms with Crippen LogP contribution in [0.2, 0.25) is 0 Å². The number of rotatable bonds is 5. The summed E-state index contributed by atoms with van der Waals surface area (Å²) in [4.78, 5) is 12.1. The molecule has 1 aliphatic rings. The highest BCUT2D eigenvalue weighted by atomic mass is 31.1. The molecule has 1 unspecified atom stereocenters. The van der Waals surface area contributed by atoms with Crippen LogP contribution in [-0.2, 0) is 4.79 Å². The molecule has 0 saturated carbocycles. The van der Waals surface area contributed by atoms with Gasteiger partial charge in [0.1, 0.15) is 0 Å². The molecule has 2 N–H and O–H groups in total. The van der Waals surface area contributed by atoms with E-state index in [-0.39, 0.29) is 5.92 Å². The van der Waals surface area contributed by atoms with Crippen LogP contribution in [0.5, 0.6) is 0 Å². The zero-order valence-corrected chi connectivity index (χ0v) is 17.2. The first-order valence-corrected chi connectivity index (χ1v) is 10.4. The molecule has 5 heteroatoms. The van der Waals surface area contributed by atoms with Crippen molar-refractivity contribution in [3.8, 4) is 6.07 Å². The number of hydrogen-bond donors (Lipinski definition) is 2. The first kappa shape index (κ1) is 20.2. The predicted octanol–water partition coefficient (Wildman–Crippen LogP) is 5.13. The molecular formula is C21H27N2O2P. The van der Waals surface area contributed by atoms with Gasteiger partial charge in [-0.3, -0.25) is 0 Å². The monoisotopic (exact) mass is 370 g/mol. The van der Waals surface area contributed by atoms with E-state index in [0.29, 0.717) is 28.2 Å². The fourth-order valence-corrected chi connectivity index (χ4v) is 7.20. The minimum Gasteiger partial charge on any atom is -0.478 e. The summed E-state index contributed by atoms with van der Waals surface area (Å²) in [5.41, 5.74) is 4.42. The Kier molecular flexibility index (Phi) is 6.26. The Morgan fingerprint density at radius 1 is 1.19 bits per heavy atom. The molecule has 2 rings (SSSR count). The standard InChI is InChI=1S/C21H27N2O2P/c1-12(2)26(13(3)4)20-15(6)23-14(5)18(21(24)25)19(20)17-9-7-8-16(10-17)11-22/h7-10,12-13,19,23H,1-6H3,(H,24,25). The normalized spacial score (nSPS) is 17.8. The summed E-state index contributed by atoms with van der Waals surface area (Å²) < 4.78 is 0. The molecule has 0 fully saturated rings. The van der Waals surface area contributed by atoms with Crippen LogP contribution in [-0.4, -0.2) is 22.4 Å². The smallest absolute Gasteiger partial charge is 0.334 e. The number of benzene rings is 1. The van der Waals surface area contributed by atoms with Crippen molar-refractivity contribution < 1.29 is 9.90 Å². The number of carbonyl (C=O) groups is 1. The molecule has 0 amide bonds. The van der Waals surface area contributed by atoms with Crippen LogP contribution in [0.4, 0.5) is 0 Å². The summed E-state index contributed by atoms with van der Waals surface area (Å²) >= 11 is 0. The summed E-state index contributed by atoms with van der Waals surface area (Å²) in [7, 11) is -0.547. The molecule has 0 saturated heterocycles. The van der Waals surface area contributed by atoms with E-state index < -0.39 is 13.9 Å². The molecule has 138 valence electrons. The summed E-state index contributed by atoms with van der Waals surface area (Å²) in [5.74, 6) is -1.23. The van der Waals surface area contributed by atoms with Crippen molar-refractivity contribution in [2.45, 2.75) is 58.8 Å². The molecule has 1 aromatic carbocycles. The maximum absolute atomic E-state index is 12.1. The number of nitrogens with zero attached hydrogens (tertiary/aromatic N) is 1. The van der Waals surface area contributed by atoms with E-state index in [1.165, 1.54) is 5.31 Å². The topological polar surface area (TPSA) is 73.1 Å². The van der Waals surface area contributed by atoms with Gasteiger partial charge in [-0.25, -0.2) is 4.79 Å². The zero-order valence-electron chi connectivity index (χ0n) is 16.3. The molecule has 0 spiro atoms. The first-order chi connectivity index (χ1) is 12.2. The van der Waals surface area contributed by atoms with Crippen LogP contribution in [0, 0.1) is 11.3 Å². The highest BCUT2D eigenvalue weighted by Gasteiger charge is 2.38. The number of dihydropyridines is 1. The van der Waals surface area contributed by atoms with E-state index in [1.807, 2.05) is 32.0 Å². The molecule has 0 aliphatic carbocycles. The van der Waals surface area contributed by atoms with E-state index in [1.54, 1.807) is 6.07 Å². The average molecular weight is 370 g/mol. The molecule has 4 nitrogen and oxygen atoms in total. The van der Waals surface area contributed by atoms with Crippen LogP contribution >= 0.6 is 7.92 Å². The van der Waals surface area contributed by atoms with Gasteiger partial charge in [0.15, 0.2) is 0 Å². The third-order valence-corrected chi connectivity index (χ3v) is 8.07. The molecule has 0 radical (unpaired) electrons. The van der Waals surface area contributed by atoms with Gasteiger partial charge in [-0.05, 0) is 48.2 Å². The van der Waals surface area contributed by atoms with Gasteiger partial charge >= 0.3 is 5.97 Å². The molecule has 1 heterocycles. The molecule has 1 aliphatic heterocycles. The fourth-order valence-electron chi connectivity index (χ4n) is 3.87. The quantitative estimate of drug-likeness (QED) is 0.705. The van der Waals surface area contributed by atoms with Gasteiger partial charge in [-0.1, -0.05) is 47.7 Å². The van der Waals surface area contributed by atoms with Crippen molar-refractivity contribution in [3.05, 3.63) is 57.7 Å². The predicted molar refractivity (Wildman–Crippen MR) is 107 cm³/mol. The van der Waals surface area contributed by atoms with Crippen LogP contribution in [0.25, 0.3) is 0 Å². The lowest BCUT2D eigenvalue weighted by atomic mass is 9.86. The molecular weight excluding hydrogens is 343 g/mol.